The van der Waals surface area contributed by atoms with Crippen LogP contribution in [0.15, 0.2) is 42.6 Å². The minimum Gasteiger partial charge on any atom is -0.508 e. The lowest BCUT2D eigenvalue weighted by Crippen LogP contribution is -1.82. The van der Waals surface area contributed by atoms with Gasteiger partial charge < -0.3 is 9.51 Å². The molecule has 16 heavy (non-hydrogen) atoms. The quantitative estimate of drug-likeness (QED) is 0.628. The molecular weight excluding hydrogens is 202 g/mol. The molecule has 78 valence electrons. The third-order valence-corrected chi connectivity index (χ3v) is 2.78. The van der Waals surface area contributed by atoms with Gasteiger partial charge in [0.1, 0.15) is 5.75 Å². The van der Waals surface area contributed by atoms with Gasteiger partial charge in [0.05, 0.1) is 11.0 Å². The molecule has 0 bridgehead atoms. The Kier molecular flexibility index (Phi) is 1.74. The largest absolute Gasteiger partial charge is 0.508 e. The molecule has 3 heteroatoms. The number of carbonyl (C=O) groups is 1. The number of benzene rings is 1. The summed E-state index contributed by atoms with van der Waals surface area (Å²) in [5.74, 6) is 0.202. The lowest BCUT2D eigenvalue weighted by atomic mass is 10.1. The van der Waals surface area contributed by atoms with Crippen molar-refractivity contribution in [3.05, 3.63) is 48.2 Å². The van der Waals surface area contributed by atoms with E-state index in [2.05, 4.69) is 0 Å². The van der Waals surface area contributed by atoms with Gasteiger partial charge in [-0.2, -0.15) is 0 Å². The normalized spacial score (nSPS) is 11.0. The van der Waals surface area contributed by atoms with E-state index in [1.165, 1.54) is 0 Å². The van der Waals surface area contributed by atoms with Gasteiger partial charge in [-0.05, 0) is 24.3 Å². The molecule has 0 aliphatic carbocycles. The number of aromatic hydroxyl groups is 1. The van der Waals surface area contributed by atoms with E-state index in [0.29, 0.717) is 5.56 Å². The number of hydrogen-bond donors (Lipinski definition) is 1. The third kappa shape index (κ3) is 1.05. The number of rotatable bonds is 1. The molecule has 0 aliphatic heterocycles. The number of fused-ring (bicyclic) bond motifs is 3. The van der Waals surface area contributed by atoms with Crippen LogP contribution in [-0.4, -0.2) is 15.8 Å². The second-order valence-corrected chi connectivity index (χ2v) is 3.69. The van der Waals surface area contributed by atoms with E-state index < -0.39 is 0 Å². The maximum absolute atomic E-state index is 11.1. The van der Waals surface area contributed by atoms with Crippen molar-refractivity contribution in [3.63, 3.8) is 0 Å². The van der Waals surface area contributed by atoms with E-state index >= 15 is 0 Å². The smallest absolute Gasteiger partial charge is 0.152 e. The highest BCUT2D eigenvalue weighted by atomic mass is 16.3. The number of aldehydes is 1. The van der Waals surface area contributed by atoms with E-state index in [1.807, 2.05) is 28.8 Å². The zero-order valence-corrected chi connectivity index (χ0v) is 8.42. The van der Waals surface area contributed by atoms with Crippen molar-refractivity contribution < 1.29 is 9.90 Å². The van der Waals surface area contributed by atoms with E-state index in [-0.39, 0.29) is 5.75 Å². The van der Waals surface area contributed by atoms with Crippen molar-refractivity contribution in [2.75, 3.05) is 0 Å². The van der Waals surface area contributed by atoms with E-state index in [4.69, 9.17) is 0 Å². The highest BCUT2D eigenvalue weighted by molar-refractivity contribution is 6.06. The molecule has 3 aromatic rings. The van der Waals surface area contributed by atoms with Gasteiger partial charge in [-0.1, -0.05) is 6.07 Å². The molecule has 0 saturated carbocycles. The van der Waals surface area contributed by atoms with Gasteiger partial charge in [-0.3, -0.25) is 4.79 Å². The summed E-state index contributed by atoms with van der Waals surface area (Å²) in [5.41, 5.74) is 2.37. The number of carbonyl (C=O) groups excluding carboxylic acids is 1. The fourth-order valence-corrected chi connectivity index (χ4v) is 2.08. The van der Waals surface area contributed by atoms with Gasteiger partial charge in [0, 0.05) is 23.2 Å². The topological polar surface area (TPSA) is 41.7 Å². The average Bonchev–Trinajstić information content (AvgIpc) is 2.62. The summed E-state index contributed by atoms with van der Waals surface area (Å²) in [6, 6.07) is 10.7. The first kappa shape index (κ1) is 8.97. The molecule has 0 amide bonds. The summed E-state index contributed by atoms with van der Waals surface area (Å²) >= 11 is 0. The number of nitrogens with zero attached hydrogens (tertiary/aromatic N) is 1. The molecule has 3 nitrogen and oxygen atoms in total. The van der Waals surface area contributed by atoms with Crippen molar-refractivity contribution in [2.45, 2.75) is 0 Å². The second-order valence-electron chi connectivity index (χ2n) is 3.69. The molecule has 0 spiro atoms. The van der Waals surface area contributed by atoms with Gasteiger partial charge in [-0.25, -0.2) is 0 Å². The zero-order valence-electron chi connectivity index (χ0n) is 8.42. The molecule has 1 N–H and O–H groups in total. The first-order valence-corrected chi connectivity index (χ1v) is 4.98. The van der Waals surface area contributed by atoms with Gasteiger partial charge in [0.15, 0.2) is 6.29 Å². The van der Waals surface area contributed by atoms with Crippen LogP contribution in [0.5, 0.6) is 5.75 Å². The van der Waals surface area contributed by atoms with E-state index in [1.54, 1.807) is 18.2 Å². The van der Waals surface area contributed by atoms with Crippen molar-refractivity contribution >= 4 is 22.7 Å². The molecule has 0 radical (unpaired) electrons. The number of phenolic OH excluding ortho intramolecular Hbond substituents is 1. The van der Waals surface area contributed by atoms with Gasteiger partial charge in [-0.15, -0.1) is 0 Å². The Bertz CT molecular complexity index is 698. The minimum atomic E-state index is 0.202. The number of pyridine rings is 1. The molecule has 0 saturated heterocycles. The van der Waals surface area contributed by atoms with Crippen LogP contribution in [0, 0.1) is 0 Å². The Balaban J connectivity index is 2.64. The van der Waals surface area contributed by atoms with Gasteiger partial charge in [0.25, 0.3) is 0 Å². The van der Waals surface area contributed by atoms with Crippen LogP contribution < -0.4 is 0 Å². The van der Waals surface area contributed by atoms with E-state index in [0.717, 1.165) is 22.7 Å². The molecule has 0 atom stereocenters. The highest BCUT2D eigenvalue weighted by Crippen LogP contribution is 2.27. The lowest BCUT2D eigenvalue weighted by Gasteiger charge is -1.96. The van der Waals surface area contributed by atoms with Crippen LogP contribution in [0.25, 0.3) is 16.4 Å². The zero-order chi connectivity index (χ0) is 11.1. The maximum Gasteiger partial charge on any atom is 0.152 e. The number of aromatic nitrogens is 1. The van der Waals surface area contributed by atoms with Gasteiger partial charge in [0.2, 0.25) is 0 Å². The van der Waals surface area contributed by atoms with Crippen LogP contribution in [0.1, 0.15) is 10.4 Å². The minimum absolute atomic E-state index is 0.202. The van der Waals surface area contributed by atoms with Crippen LogP contribution in [0.4, 0.5) is 0 Å². The third-order valence-electron chi connectivity index (χ3n) is 2.78. The van der Waals surface area contributed by atoms with Crippen LogP contribution >= 0.6 is 0 Å². The first-order valence-electron chi connectivity index (χ1n) is 4.98. The predicted octanol–water partition coefficient (Wildman–Crippen LogP) is 2.61. The summed E-state index contributed by atoms with van der Waals surface area (Å²) in [4.78, 5) is 11.1. The second kappa shape index (κ2) is 3.10. The molecule has 0 aliphatic rings. The maximum atomic E-state index is 11.1. The van der Waals surface area contributed by atoms with Crippen LogP contribution in [0.2, 0.25) is 0 Å². The number of phenols is 1. The van der Waals surface area contributed by atoms with Crippen molar-refractivity contribution in [1.82, 2.24) is 4.40 Å². The Morgan fingerprint density at radius 3 is 2.81 bits per heavy atom. The molecule has 3 rings (SSSR count). The Morgan fingerprint density at radius 2 is 2.00 bits per heavy atom. The summed E-state index contributed by atoms with van der Waals surface area (Å²) in [6.07, 6.45) is 2.73. The SMILES string of the molecule is O=Cc1c2ccc(O)cc2n2ccccc12. The number of hydrogen-bond acceptors (Lipinski definition) is 2. The molecule has 0 fully saturated rings. The van der Waals surface area contributed by atoms with Crippen LogP contribution in [0.3, 0.4) is 0 Å². The highest BCUT2D eigenvalue weighted by Gasteiger charge is 2.10. The molecular formula is C13H9NO2. The fraction of sp³-hybridized carbons (Fsp3) is 0. The molecule has 0 unspecified atom stereocenters. The first-order chi connectivity index (χ1) is 7.81. The standard InChI is InChI=1S/C13H9NO2/c15-8-11-10-5-4-9(16)7-13(10)14-6-2-1-3-12(11)14/h1-8,16H. The van der Waals surface area contributed by atoms with Crippen LogP contribution in [-0.2, 0) is 0 Å². The molecule has 2 aromatic heterocycles. The van der Waals surface area contributed by atoms with Crippen molar-refractivity contribution in [1.29, 1.82) is 0 Å². The predicted molar refractivity (Wildman–Crippen MR) is 62.0 cm³/mol. The summed E-state index contributed by atoms with van der Waals surface area (Å²) in [6.45, 7) is 0. The monoisotopic (exact) mass is 211 g/mol. The summed E-state index contributed by atoms with van der Waals surface area (Å²) < 4.78 is 1.90. The molecule has 2 heterocycles. The van der Waals surface area contributed by atoms with Gasteiger partial charge >= 0.3 is 0 Å². The molecule has 1 aromatic carbocycles. The van der Waals surface area contributed by atoms with Crippen molar-refractivity contribution in [3.8, 4) is 5.75 Å². The average molecular weight is 211 g/mol. The summed E-state index contributed by atoms with van der Waals surface area (Å²) in [5, 5.41) is 10.3. The van der Waals surface area contributed by atoms with E-state index in [9.17, 15) is 9.90 Å². The fourth-order valence-electron chi connectivity index (χ4n) is 2.08. The Morgan fingerprint density at radius 1 is 1.12 bits per heavy atom. The van der Waals surface area contributed by atoms with Crippen molar-refractivity contribution in [2.24, 2.45) is 0 Å². The Hall–Kier alpha value is -2.29. The lowest BCUT2D eigenvalue weighted by molar-refractivity contribution is 0.112. The summed E-state index contributed by atoms with van der Waals surface area (Å²) in [7, 11) is 0. The Labute approximate surface area is 91.6 Å².